The Morgan fingerprint density at radius 1 is 1.42 bits per heavy atom. The number of sulfonamides is 1. The van der Waals surface area contributed by atoms with Crippen molar-refractivity contribution in [2.45, 2.75) is 19.8 Å². The van der Waals surface area contributed by atoms with E-state index < -0.39 is 33.6 Å². The lowest BCUT2D eigenvalue weighted by Crippen LogP contribution is -2.44. The van der Waals surface area contributed by atoms with Crippen LogP contribution in [0.2, 0.25) is 0 Å². The molecule has 132 valence electrons. The maximum Gasteiger partial charge on any atom is 0.335 e. The average molecular weight is 358 g/mol. The molecule has 0 bridgehead atoms. The fraction of sp³-hybridized carbons (Fsp3) is 0.467. The Morgan fingerprint density at radius 3 is 2.75 bits per heavy atom. The summed E-state index contributed by atoms with van der Waals surface area (Å²) in [5, 5.41) is 11.3. The number of piperidine rings is 1. The van der Waals surface area contributed by atoms with Crippen LogP contribution in [0, 0.1) is 11.7 Å². The number of carboxylic acid groups (broad SMARTS) is 1. The Morgan fingerprint density at radius 2 is 2.12 bits per heavy atom. The third-order valence-corrected chi connectivity index (χ3v) is 5.83. The lowest BCUT2D eigenvalue weighted by Gasteiger charge is -2.30. The minimum Gasteiger partial charge on any atom is -0.478 e. The molecule has 1 aliphatic rings. The van der Waals surface area contributed by atoms with Crippen molar-refractivity contribution in [1.82, 2.24) is 4.31 Å². The maximum atomic E-state index is 13.8. The number of benzene rings is 1. The van der Waals surface area contributed by atoms with Gasteiger partial charge in [0.1, 0.15) is 5.82 Å². The number of rotatable bonds is 5. The fourth-order valence-electron chi connectivity index (χ4n) is 2.58. The molecule has 1 aromatic carbocycles. The molecule has 2 rings (SSSR count). The lowest BCUT2D eigenvalue weighted by molar-refractivity contribution is -0.120. The first-order valence-corrected chi connectivity index (χ1v) is 9.17. The van der Waals surface area contributed by atoms with E-state index in [4.69, 9.17) is 5.11 Å². The van der Waals surface area contributed by atoms with Crippen molar-refractivity contribution in [2.24, 2.45) is 5.92 Å². The fourth-order valence-corrected chi connectivity index (χ4v) is 3.76. The van der Waals surface area contributed by atoms with E-state index in [2.05, 4.69) is 5.32 Å². The topological polar surface area (TPSA) is 104 Å². The van der Waals surface area contributed by atoms with E-state index in [1.54, 1.807) is 0 Å². The molecular formula is C15H19FN2O5S. The predicted octanol–water partition coefficient (Wildman–Crippen LogP) is 1.52. The first-order valence-electron chi connectivity index (χ1n) is 7.56. The molecule has 0 aromatic heterocycles. The molecule has 0 radical (unpaired) electrons. The van der Waals surface area contributed by atoms with Crippen molar-refractivity contribution in [2.75, 3.05) is 24.2 Å². The van der Waals surface area contributed by atoms with E-state index in [9.17, 15) is 22.4 Å². The minimum atomic E-state index is -3.39. The number of carbonyl (C=O) groups is 2. The van der Waals surface area contributed by atoms with E-state index >= 15 is 0 Å². The summed E-state index contributed by atoms with van der Waals surface area (Å²) in [6, 6.07) is 3.11. The van der Waals surface area contributed by atoms with E-state index in [1.807, 2.05) is 0 Å². The molecule has 1 aliphatic heterocycles. The van der Waals surface area contributed by atoms with Gasteiger partial charge in [0.05, 0.1) is 22.9 Å². The molecule has 1 unspecified atom stereocenters. The van der Waals surface area contributed by atoms with Gasteiger partial charge in [-0.05, 0) is 38.0 Å². The highest BCUT2D eigenvalue weighted by atomic mass is 32.2. The van der Waals surface area contributed by atoms with Gasteiger partial charge in [-0.1, -0.05) is 0 Å². The molecule has 1 amide bonds. The van der Waals surface area contributed by atoms with Crippen molar-refractivity contribution in [3.8, 4) is 0 Å². The average Bonchev–Trinajstić information content (AvgIpc) is 2.56. The molecule has 1 fully saturated rings. The van der Waals surface area contributed by atoms with Crippen molar-refractivity contribution in [3.05, 3.63) is 29.6 Å². The summed E-state index contributed by atoms with van der Waals surface area (Å²) in [4.78, 5) is 23.2. The zero-order valence-corrected chi connectivity index (χ0v) is 14.0. The van der Waals surface area contributed by atoms with Crippen LogP contribution >= 0.6 is 0 Å². The number of nitrogens with zero attached hydrogens (tertiary/aromatic N) is 1. The normalized spacial score (nSPS) is 19.0. The summed E-state index contributed by atoms with van der Waals surface area (Å²) in [5.41, 5.74) is -0.374. The smallest absolute Gasteiger partial charge is 0.335 e. The standard InChI is InChI=1S/C15H19FN2O5S/c1-2-24(22,23)18-7-3-4-11(9-18)14(19)17-13-8-10(15(20)21)5-6-12(13)16/h5-6,8,11H,2-4,7,9H2,1H3,(H,17,19)(H,20,21). The maximum absolute atomic E-state index is 13.8. The largest absolute Gasteiger partial charge is 0.478 e. The number of carbonyl (C=O) groups excluding carboxylic acids is 1. The molecular weight excluding hydrogens is 339 g/mol. The Labute approximate surface area is 139 Å². The number of hydrogen-bond acceptors (Lipinski definition) is 4. The Hall–Kier alpha value is -2.00. The van der Waals surface area contributed by atoms with Gasteiger partial charge in [0.2, 0.25) is 15.9 Å². The molecule has 1 aromatic rings. The van der Waals surface area contributed by atoms with Crippen molar-refractivity contribution >= 4 is 27.6 Å². The molecule has 0 aliphatic carbocycles. The number of amides is 1. The van der Waals surface area contributed by atoms with Crippen LogP contribution in [0.15, 0.2) is 18.2 Å². The number of nitrogens with one attached hydrogen (secondary N) is 1. The van der Waals surface area contributed by atoms with Crippen molar-refractivity contribution < 1.29 is 27.5 Å². The summed E-state index contributed by atoms with van der Waals surface area (Å²) < 4.78 is 38.9. The number of hydrogen-bond donors (Lipinski definition) is 2. The molecule has 24 heavy (non-hydrogen) atoms. The molecule has 1 saturated heterocycles. The highest BCUT2D eigenvalue weighted by molar-refractivity contribution is 7.89. The summed E-state index contributed by atoms with van der Waals surface area (Å²) in [7, 11) is -3.39. The van der Waals surface area contributed by atoms with Gasteiger partial charge >= 0.3 is 5.97 Å². The second-order valence-corrected chi connectivity index (χ2v) is 7.84. The molecule has 1 heterocycles. The van der Waals surface area contributed by atoms with Crippen molar-refractivity contribution in [1.29, 1.82) is 0 Å². The van der Waals surface area contributed by atoms with Gasteiger partial charge in [0.15, 0.2) is 0 Å². The summed E-state index contributed by atoms with van der Waals surface area (Å²) in [5.74, 6) is -3.15. The third-order valence-electron chi connectivity index (χ3n) is 3.98. The minimum absolute atomic E-state index is 0.0439. The van der Waals surface area contributed by atoms with E-state index in [0.717, 1.165) is 18.2 Å². The van der Waals surface area contributed by atoms with Crippen LogP contribution in [0.3, 0.4) is 0 Å². The number of anilines is 1. The first-order chi connectivity index (χ1) is 11.2. The highest BCUT2D eigenvalue weighted by Crippen LogP contribution is 2.23. The Balaban J connectivity index is 2.12. The van der Waals surface area contributed by atoms with Gasteiger partial charge in [0, 0.05) is 13.1 Å². The van der Waals surface area contributed by atoms with Crippen LogP contribution in [-0.4, -0.2) is 48.5 Å². The number of carboxylic acids is 1. The van der Waals surface area contributed by atoms with Gasteiger partial charge in [-0.15, -0.1) is 0 Å². The van der Waals surface area contributed by atoms with Crippen LogP contribution in [0.5, 0.6) is 0 Å². The predicted molar refractivity (Wildman–Crippen MR) is 85.7 cm³/mol. The summed E-state index contributed by atoms with van der Waals surface area (Å²) in [6.45, 7) is 1.94. The molecule has 0 spiro atoms. The van der Waals surface area contributed by atoms with Crippen LogP contribution in [0.25, 0.3) is 0 Å². The lowest BCUT2D eigenvalue weighted by atomic mass is 9.98. The van der Waals surface area contributed by atoms with Crippen LogP contribution in [-0.2, 0) is 14.8 Å². The second kappa shape index (κ2) is 7.27. The van der Waals surface area contributed by atoms with Gasteiger partial charge in [-0.3, -0.25) is 4.79 Å². The molecule has 7 nitrogen and oxygen atoms in total. The van der Waals surface area contributed by atoms with E-state index in [-0.39, 0.29) is 23.5 Å². The van der Waals surface area contributed by atoms with Crippen LogP contribution in [0.4, 0.5) is 10.1 Å². The third kappa shape index (κ3) is 4.09. The molecule has 0 saturated carbocycles. The van der Waals surface area contributed by atoms with Gasteiger partial charge in [-0.2, -0.15) is 0 Å². The van der Waals surface area contributed by atoms with E-state index in [1.165, 1.54) is 11.2 Å². The Bertz CT molecular complexity index is 750. The number of aromatic carboxylic acids is 1. The van der Waals surface area contributed by atoms with E-state index in [0.29, 0.717) is 19.4 Å². The SMILES string of the molecule is CCS(=O)(=O)N1CCCC(C(=O)Nc2cc(C(=O)O)ccc2F)C1. The Kier molecular flexibility index (Phi) is 5.55. The van der Waals surface area contributed by atoms with Gasteiger partial charge in [0.25, 0.3) is 0 Å². The van der Waals surface area contributed by atoms with Crippen LogP contribution < -0.4 is 5.32 Å². The van der Waals surface area contributed by atoms with Crippen molar-refractivity contribution in [3.63, 3.8) is 0 Å². The second-order valence-electron chi connectivity index (χ2n) is 5.59. The van der Waals surface area contributed by atoms with Gasteiger partial charge in [-0.25, -0.2) is 21.9 Å². The summed E-state index contributed by atoms with van der Waals surface area (Å²) in [6.07, 6.45) is 1.02. The zero-order chi connectivity index (χ0) is 17.9. The summed E-state index contributed by atoms with van der Waals surface area (Å²) >= 11 is 0. The quantitative estimate of drug-likeness (QED) is 0.831. The van der Waals surface area contributed by atoms with Gasteiger partial charge < -0.3 is 10.4 Å². The first kappa shape index (κ1) is 18.3. The highest BCUT2D eigenvalue weighted by Gasteiger charge is 2.31. The zero-order valence-electron chi connectivity index (χ0n) is 13.2. The van der Waals surface area contributed by atoms with Crippen LogP contribution in [0.1, 0.15) is 30.1 Å². The molecule has 1 atom stereocenters. The molecule has 9 heteroatoms. The number of halogens is 1. The monoisotopic (exact) mass is 358 g/mol. The molecule has 2 N–H and O–H groups in total.